The van der Waals surface area contributed by atoms with E-state index in [-0.39, 0.29) is 17.9 Å². The van der Waals surface area contributed by atoms with Crippen molar-refractivity contribution < 1.29 is 9.59 Å². The van der Waals surface area contributed by atoms with Crippen LogP contribution in [0.25, 0.3) is 0 Å². The molecule has 0 spiro atoms. The van der Waals surface area contributed by atoms with Gasteiger partial charge in [0.05, 0.1) is 11.2 Å². The van der Waals surface area contributed by atoms with E-state index in [0.29, 0.717) is 25.2 Å². The largest absolute Gasteiger partial charge is 0.348 e. The van der Waals surface area contributed by atoms with Gasteiger partial charge >= 0.3 is 0 Å². The minimum Gasteiger partial charge on any atom is -0.348 e. The Labute approximate surface area is 192 Å². The molecule has 1 N–H and O–H groups in total. The predicted molar refractivity (Wildman–Crippen MR) is 124 cm³/mol. The lowest BCUT2D eigenvalue weighted by Crippen LogP contribution is -2.37. The fourth-order valence-electron chi connectivity index (χ4n) is 4.70. The van der Waals surface area contributed by atoms with Crippen LogP contribution in [-0.2, 0) is 30.7 Å². The summed E-state index contributed by atoms with van der Waals surface area (Å²) in [5.74, 6) is 0.0751. The lowest BCUT2D eigenvalue weighted by molar-refractivity contribution is -0.131. The standard InChI is InChI=1S/C24H31N5O2S/c1-16-21(32-15-25-16)10-12-29-20-9-11-28(22(30)13-17-5-3-2-4-6-17)14-19(20)23(27-29)24(31)26-18-7-8-18/h5,15,18H,2-4,6-14H2,1H3,(H,26,31). The van der Waals surface area contributed by atoms with Gasteiger partial charge in [0.2, 0.25) is 5.91 Å². The third kappa shape index (κ3) is 4.65. The monoisotopic (exact) mass is 453 g/mol. The molecule has 3 heterocycles. The summed E-state index contributed by atoms with van der Waals surface area (Å²) in [6.45, 7) is 3.93. The van der Waals surface area contributed by atoms with Crippen molar-refractivity contribution in [2.75, 3.05) is 6.54 Å². The second-order valence-corrected chi connectivity index (χ2v) is 10.1. The highest BCUT2D eigenvalue weighted by Crippen LogP contribution is 2.27. The van der Waals surface area contributed by atoms with Gasteiger partial charge in [-0.2, -0.15) is 5.10 Å². The number of carbonyl (C=O) groups is 2. The third-order valence-electron chi connectivity index (χ3n) is 6.77. The van der Waals surface area contributed by atoms with Crippen molar-refractivity contribution in [2.24, 2.45) is 0 Å². The molecule has 0 unspecified atom stereocenters. The van der Waals surface area contributed by atoms with Crippen LogP contribution >= 0.6 is 11.3 Å². The van der Waals surface area contributed by atoms with E-state index in [9.17, 15) is 9.59 Å². The zero-order valence-corrected chi connectivity index (χ0v) is 19.5. The molecule has 170 valence electrons. The van der Waals surface area contributed by atoms with Crippen molar-refractivity contribution in [1.82, 2.24) is 25.0 Å². The highest BCUT2D eigenvalue weighted by molar-refractivity contribution is 7.09. The molecule has 0 atom stereocenters. The number of carbonyl (C=O) groups excluding carboxylic acids is 2. The summed E-state index contributed by atoms with van der Waals surface area (Å²) in [5.41, 5.74) is 6.76. The van der Waals surface area contributed by atoms with Crippen molar-refractivity contribution in [3.8, 4) is 0 Å². The van der Waals surface area contributed by atoms with Crippen LogP contribution in [0, 0.1) is 6.92 Å². The minimum atomic E-state index is -0.0965. The van der Waals surface area contributed by atoms with Gasteiger partial charge in [-0.3, -0.25) is 14.3 Å². The Kier molecular flexibility index (Phi) is 6.13. The maximum absolute atomic E-state index is 13.0. The average Bonchev–Trinajstić information content (AvgIpc) is 3.40. The highest BCUT2D eigenvalue weighted by Gasteiger charge is 2.32. The van der Waals surface area contributed by atoms with Crippen molar-refractivity contribution in [1.29, 1.82) is 0 Å². The van der Waals surface area contributed by atoms with Crippen molar-refractivity contribution >= 4 is 23.2 Å². The summed E-state index contributed by atoms with van der Waals surface area (Å²) in [6.07, 6.45) is 11.0. The van der Waals surface area contributed by atoms with E-state index >= 15 is 0 Å². The maximum Gasteiger partial charge on any atom is 0.272 e. The van der Waals surface area contributed by atoms with E-state index < -0.39 is 0 Å². The minimum absolute atomic E-state index is 0.0965. The van der Waals surface area contributed by atoms with Gasteiger partial charge in [0.1, 0.15) is 0 Å². The number of nitrogens with zero attached hydrogens (tertiary/aromatic N) is 4. The lowest BCUT2D eigenvalue weighted by Gasteiger charge is -2.28. The van der Waals surface area contributed by atoms with Crippen LogP contribution in [0.15, 0.2) is 17.2 Å². The van der Waals surface area contributed by atoms with Gasteiger partial charge in [0, 0.05) is 61.1 Å². The van der Waals surface area contributed by atoms with Crippen LogP contribution in [-0.4, -0.2) is 44.1 Å². The van der Waals surface area contributed by atoms with Gasteiger partial charge in [-0.15, -0.1) is 11.3 Å². The van der Waals surface area contributed by atoms with E-state index in [0.717, 1.165) is 62.0 Å². The number of nitrogens with one attached hydrogen (secondary N) is 1. The first-order valence-corrected chi connectivity index (χ1v) is 12.7. The number of aromatic nitrogens is 3. The molecular weight excluding hydrogens is 422 g/mol. The highest BCUT2D eigenvalue weighted by atomic mass is 32.1. The number of allylic oxidation sites excluding steroid dienone is 1. The second kappa shape index (κ2) is 9.17. The second-order valence-electron chi connectivity index (χ2n) is 9.21. The Morgan fingerprint density at radius 2 is 2.12 bits per heavy atom. The molecule has 8 heteroatoms. The van der Waals surface area contributed by atoms with E-state index in [1.165, 1.54) is 23.3 Å². The van der Waals surface area contributed by atoms with E-state index in [1.807, 2.05) is 22.0 Å². The summed E-state index contributed by atoms with van der Waals surface area (Å²) in [6, 6.07) is 0.280. The quantitative estimate of drug-likeness (QED) is 0.650. The van der Waals surface area contributed by atoms with Gasteiger partial charge in [-0.1, -0.05) is 11.6 Å². The summed E-state index contributed by atoms with van der Waals surface area (Å²) < 4.78 is 2.00. The first-order valence-electron chi connectivity index (χ1n) is 11.8. The normalized spacial score (nSPS) is 18.3. The number of hydrogen-bond acceptors (Lipinski definition) is 5. The summed E-state index contributed by atoms with van der Waals surface area (Å²) in [4.78, 5) is 33.5. The molecule has 2 aromatic heterocycles. The molecule has 2 aliphatic carbocycles. The molecule has 3 aliphatic rings. The first-order chi connectivity index (χ1) is 15.6. The molecule has 32 heavy (non-hydrogen) atoms. The van der Waals surface area contributed by atoms with Crippen LogP contribution in [0.3, 0.4) is 0 Å². The number of amides is 2. The van der Waals surface area contributed by atoms with Crippen molar-refractivity contribution in [3.05, 3.63) is 44.7 Å². The van der Waals surface area contributed by atoms with Gasteiger partial charge in [-0.25, -0.2) is 4.98 Å². The molecule has 1 saturated carbocycles. The molecule has 0 bridgehead atoms. The molecule has 5 rings (SSSR count). The van der Waals surface area contributed by atoms with Crippen LogP contribution in [0.2, 0.25) is 0 Å². The lowest BCUT2D eigenvalue weighted by atomic mass is 9.96. The topological polar surface area (TPSA) is 80.1 Å². The zero-order valence-electron chi connectivity index (χ0n) is 18.7. The Hall–Kier alpha value is -2.48. The molecule has 0 aromatic carbocycles. The molecule has 2 amide bonds. The van der Waals surface area contributed by atoms with E-state index in [4.69, 9.17) is 5.10 Å². The Bertz CT molecular complexity index is 1050. The Balaban J connectivity index is 1.35. The Morgan fingerprint density at radius 1 is 1.25 bits per heavy atom. The average molecular weight is 454 g/mol. The molecule has 1 aliphatic heterocycles. The van der Waals surface area contributed by atoms with Crippen LogP contribution in [0.5, 0.6) is 0 Å². The van der Waals surface area contributed by atoms with Crippen LogP contribution < -0.4 is 5.32 Å². The fourth-order valence-corrected chi connectivity index (χ4v) is 5.47. The van der Waals surface area contributed by atoms with Gasteiger partial charge in [0.15, 0.2) is 5.69 Å². The van der Waals surface area contributed by atoms with Gasteiger partial charge in [-0.05, 0) is 45.4 Å². The summed E-state index contributed by atoms with van der Waals surface area (Å²) in [5, 5.41) is 7.84. The van der Waals surface area contributed by atoms with E-state index in [2.05, 4.69) is 16.4 Å². The molecule has 0 radical (unpaired) electrons. The van der Waals surface area contributed by atoms with Crippen molar-refractivity contribution in [3.63, 3.8) is 0 Å². The molecule has 1 fully saturated rings. The number of thiazole rings is 1. The van der Waals surface area contributed by atoms with Crippen LogP contribution in [0.4, 0.5) is 0 Å². The maximum atomic E-state index is 13.0. The van der Waals surface area contributed by atoms with Gasteiger partial charge < -0.3 is 10.2 Å². The molecule has 2 aromatic rings. The molecule has 7 nitrogen and oxygen atoms in total. The molecular formula is C24H31N5O2S. The van der Waals surface area contributed by atoms with Crippen molar-refractivity contribution in [2.45, 2.75) is 83.8 Å². The third-order valence-corrected chi connectivity index (χ3v) is 7.77. The summed E-state index contributed by atoms with van der Waals surface area (Å²) >= 11 is 1.67. The van der Waals surface area contributed by atoms with Gasteiger partial charge in [0.25, 0.3) is 5.91 Å². The molecule has 0 saturated heterocycles. The number of fused-ring (bicyclic) bond motifs is 1. The predicted octanol–water partition coefficient (Wildman–Crippen LogP) is 3.56. The first kappa shape index (κ1) is 21.4. The smallest absolute Gasteiger partial charge is 0.272 e. The van der Waals surface area contributed by atoms with Crippen LogP contribution in [0.1, 0.15) is 77.3 Å². The summed E-state index contributed by atoms with van der Waals surface area (Å²) in [7, 11) is 0. The fraction of sp³-hybridized carbons (Fsp3) is 0.583. The number of rotatable bonds is 7. The van der Waals surface area contributed by atoms with E-state index in [1.54, 1.807) is 11.3 Å². The SMILES string of the molecule is Cc1ncsc1CCn1nc(C(=O)NC2CC2)c2c1CCN(C(=O)CC1=CCCCC1)C2. The Morgan fingerprint density at radius 3 is 2.84 bits per heavy atom. The number of aryl methyl sites for hydroxylation is 3. The zero-order chi connectivity index (χ0) is 22.1. The number of hydrogen-bond donors (Lipinski definition) is 1.